The minimum Gasteiger partial charge on any atom is -0.333 e. The van der Waals surface area contributed by atoms with Crippen molar-refractivity contribution in [3.63, 3.8) is 0 Å². The smallest absolute Gasteiger partial charge is 0.0952 e. The van der Waals surface area contributed by atoms with Crippen molar-refractivity contribution in [2.24, 2.45) is 5.73 Å². The van der Waals surface area contributed by atoms with E-state index in [4.69, 9.17) is 5.73 Å². The molecular weight excluding hydrogens is 150 g/mol. The van der Waals surface area contributed by atoms with Gasteiger partial charge in [-0.2, -0.15) is 0 Å². The van der Waals surface area contributed by atoms with Crippen molar-refractivity contribution in [3.05, 3.63) is 17.7 Å². The fourth-order valence-corrected chi connectivity index (χ4v) is 1.39. The van der Waals surface area contributed by atoms with E-state index in [-0.39, 0.29) is 0 Å². The summed E-state index contributed by atoms with van der Waals surface area (Å²) in [7, 11) is 0. The Morgan fingerprint density at radius 1 is 1.58 bits per heavy atom. The van der Waals surface area contributed by atoms with Crippen LogP contribution in [0.15, 0.2) is 6.33 Å². The van der Waals surface area contributed by atoms with Crippen LogP contribution in [0, 0.1) is 6.92 Å². The van der Waals surface area contributed by atoms with Crippen molar-refractivity contribution in [1.82, 2.24) is 9.55 Å². The van der Waals surface area contributed by atoms with Gasteiger partial charge >= 0.3 is 0 Å². The average molecular weight is 167 g/mol. The third-order valence-corrected chi connectivity index (χ3v) is 2.05. The lowest BCUT2D eigenvalue weighted by atomic mass is 10.1. The molecular formula is C9H17N3. The van der Waals surface area contributed by atoms with Crippen LogP contribution in [0.4, 0.5) is 0 Å². The minimum atomic E-state index is 0.504. The molecule has 0 atom stereocenters. The number of hydrogen-bond acceptors (Lipinski definition) is 2. The Kier molecular flexibility index (Phi) is 2.87. The van der Waals surface area contributed by atoms with E-state index in [2.05, 4.69) is 30.3 Å². The summed E-state index contributed by atoms with van der Waals surface area (Å²) in [6, 6.07) is 0. The number of nitrogens with two attached hydrogens (primary N) is 1. The number of nitrogens with zero attached hydrogens (tertiary/aromatic N) is 2. The molecule has 0 spiro atoms. The van der Waals surface area contributed by atoms with Crippen molar-refractivity contribution < 1.29 is 0 Å². The van der Waals surface area contributed by atoms with E-state index in [9.17, 15) is 0 Å². The second kappa shape index (κ2) is 3.72. The van der Waals surface area contributed by atoms with Gasteiger partial charge in [0, 0.05) is 18.8 Å². The second-order valence-electron chi connectivity index (χ2n) is 3.35. The lowest BCUT2D eigenvalue weighted by Gasteiger charge is -2.05. The van der Waals surface area contributed by atoms with Crippen molar-refractivity contribution in [1.29, 1.82) is 0 Å². The summed E-state index contributed by atoms with van der Waals surface area (Å²) in [6.45, 7) is 7.95. The molecule has 0 aliphatic heterocycles. The van der Waals surface area contributed by atoms with Crippen LogP contribution in [0.25, 0.3) is 0 Å². The van der Waals surface area contributed by atoms with Crippen LogP contribution in [-0.2, 0) is 6.54 Å². The first-order valence-corrected chi connectivity index (χ1v) is 4.38. The van der Waals surface area contributed by atoms with Crippen molar-refractivity contribution in [3.8, 4) is 0 Å². The van der Waals surface area contributed by atoms with Crippen molar-refractivity contribution >= 4 is 0 Å². The predicted molar refractivity (Wildman–Crippen MR) is 50.1 cm³/mol. The molecule has 3 heteroatoms. The Labute approximate surface area is 73.6 Å². The highest BCUT2D eigenvalue weighted by Gasteiger charge is 2.08. The van der Waals surface area contributed by atoms with Gasteiger partial charge in [-0.25, -0.2) is 4.98 Å². The molecule has 2 N–H and O–H groups in total. The highest BCUT2D eigenvalue weighted by atomic mass is 15.1. The van der Waals surface area contributed by atoms with E-state index in [1.807, 2.05) is 6.33 Å². The Morgan fingerprint density at radius 2 is 2.25 bits per heavy atom. The quantitative estimate of drug-likeness (QED) is 0.736. The molecule has 0 fully saturated rings. The van der Waals surface area contributed by atoms with E-state index in [1.54, 1.807) is 0 Å². The topological polar surface area (TPSA) is 43.8 Å². The van der Waals surface area contributed by atoms with Crippen LogP contribution in [0.5, 0.6) is 0 Å². The first-order valence-electron chi connectivity index (χ1n) is 4.38. The van der Waals surface area contributed by atoms with Crippen LogP contribution in [0.3, 0.4) is 0 Å². The molecule has 0 amide bonds. The summed E-state index contributed by atoms with van der Waals surface area (Å²) in [6.07, 6.45) is 1.87. The van der Waals surface area contributed by atoms with Gasteiger partial charge in [0.2, 0.25) is 0 Å². The Hall–Kier alpha value is -0.830. The van der Waals surface area contributed by atoms with E-state index in [0.29, 0.717) is 12.5 Å². The molecule has 68 valence electrons. The average Bonchev–Trinajstić information content (AvgIpc) is 2.34. The van der Waals surface area contributed by atoms with Gasteiger partial charge in [-0.15, -0.1) is 0 Å². The molecule has 12 heavy (non-hydrogen) atoms. The van der Waals surface area contributed by atoms with Gasteiger partial charge in [0.05, 0.1) is 12.0 Å². The monoisotopic (exact) mass is 167 g/mol. The molecule has 1 aromatic heterocycles. The van der Waals surface area contributed by atoms with Gasteiger partial charge in [0.25, 0.3) is 0 Å². The van der Waals surface area contributed by atoms with Gasteiger partial charge < -0.3 is 10.3 Å². The molecule has 1 aromatic rings. The molecule has 0 unspecified atom stereocenters. The maximum Gasteiger partial charge on any atom is 0.0952 e. The van der Waals surface area contributed by atoms with E-state index >= 15 is 0 Å². The zero-order chi connectivity index (χ0) is 9.14. The van der Waals surface area contributed by atoms with Crippen molar-refractivity contribution in [2.75, 3.05) is 6.54 Å². The van der Waals surface area contributed by atoms with Crippen LogP contribution >= 0.6 is 0 Å². The first-order chi connectivity index (χ1) is 5.66. The largest absolute Gasteiger partial charge is 0.333 e. The number of hydrogen-bond donors (Lipinski definition) is 1. The van der Waals surface area contributed by atoms with Crippen molar-refractivity contribution in [2.45, 2.75) is 33.2 Å². The van der Waals surface area contributed by atoms with Gasteiger partial charge in [0.15, 0.2) is 0 Å². The third-order valence-electron chi connectivity index (χ3n) is 2.05. The standard InChI is InChI=1S/C9H17N3/c1-7(2)9-8(3)12(5-4-10)6-11-9/h6-7H,4-5,10H2,1-3H3. The molecule has 0 aliphatic rings. The summed E-state index contributed by atoms with van der Waals surface area (Å²) in [5, 5.41) is 0. The summed E-state index contributed by atoms with van der Waals surface area (Å²) >= 11 is 0. The molecule has 0 saturated carbocycles. The Bertz CT molecular complexity index is 250. The molecule has 1 heterocycles. The van der Waals surface area contributed by atoms with Crippen LogP contribution < -0.4 is 5.73 Å². The molecule has 0 saturated heterocycles. The van der Waals surface area contributed by atoms with E-state index in [0.717, 1.165) is 6.54 Å². The molecule has 0 aromatic carbocycles. The van der Waals surface area contributed by atoms with Crippen LogP contribution in [-0.4, -0.2) is 16.1 Å². The Morgan fingerprint density at radius 3 is 2.67 bits per heavy atom. The number of aromatic nitrogens is 2. The highest BCUT2D eigenvalue weighted by molar-refractivity contribution is 5.14. The zero-order valence-electron chi connectivity index (χ0n) is 8.04. The predicted octanol–water partition coefficient (Wildman–Crippen LogP) is 1.27. The third kappa shape index (κ3) is 1.67. The summed E-state index contributed by atoms with van der Waals surface area (Å²) in [4.78, 5) is 4.34. The minimum absolute atomic E-state index is 0.504. The van der Waals surface area contributed by atoms with Crippen LogP contribution in [0.1, 0.15) is 31.2 Å². The maximum atomic E-state index is 5.47. The second-order valence-corrected chi connectivity index (χ2v) is 3.35. The van der Waals surface area contributed by atoms with E-state index < -0.39 is 0 Å². The zero-order valence-corrected chi connectivity index (χ0v) is 8.04. The number of rotatable bonds is 3. The lowest BCUT2D eigenvalue weighted by Crippen LogP contribution is -2.10. The van der Waals surface area contributed by atoms with Gasteiger partial charge in [-0.3, -0.25) is 0 Å². The lowest BCUT2D eigenvalue weighted by molar-refractivity contribution is 0.684. The fourth-order valence-electron chi connectivity index (χ4n) is 1.39. The van der Waals surface area contributed by atoms with Gasteiger partial charge in [-0.1, -0.05) is 13.8 Å². The van der Waals surface area contributed by atoms with Crippen LogP contribution in [0.2, 0.25) is 0 Å². The highest BCUT2D eigenvalue weighted by Crippen LogP contribution is 2.16. The van der Waals surface area contributed by atoms with E-state index in [1.165, 1.54) is 11.4 Å². The molecule has 1 rings (SSSR count). The molecule has 3 nitrogen and oxygen atoms in total. The SMILES string of the molecule is Cc1c(C(C)C)ncn1CCN. The molecule has 0 aliphatic carbocycles. The van der Waals surface area contributed by atoms with Gasteiger partial charge in [-0.05, 0) is 12.8 Å². The van der Waals surface area contributed by atoms with Gasteiger partial charge in [0.1, 0.15) is 0 Å². The molecule has 0 bridgehead atoms. The number of imidazole rings is 1. The summed E-state index contributed by atoms with van der Waals surface area (Å²) in [5.74, 6) is 0.504. The maximum absolute atomic E-state index is 5.47. The fraction of sp³-hybridized carbons (Fsp3) is 0.667. The summed E-state index contributed by atoms with van der Waals surface area (Å²) < 4.78 is 2.11. The normalized spacial score (nSPS) is 11.1. The summed E-state index contributed by atoms with van der Waals surface area (Å²) in [5.41, 5.74) is 7.90. The first kappa shape index (κ1) is 9.26. The molecule has 0 radical (unpaired) electrons. The Balaban J connectivity index is 2.88.